The van der Waals surface area contributed by atoms with Gasteiger partial charge in [0.25, 0.3) is 0 Å². The van der Waals surface area contributed by atoms with Gasteiger partial charge in [-0.25, -0.2) is 0 Å². The van der Waals surface area contributed by atoms with Crippen LogP contribution in [0.1, 0.15) is 51.9 Å². The summed E-state index contributed by atoms with van der Waals surface area (Å²) in [7, 11) is 0. The van der Waals surface area contributed by atoms with E-state index in [1.165, 1.54) is 0 Å². The van der Waals surface area contributed by atoms with E-state index in [-0.39, 0.29) is 17.6 Å². The van der Waals surface area contributed by atoms with Crippen LogP contribution in [0.5, 0.6) is 0 Å². The van der Waals surface area contributed by atoms with E-state index >= 15 is 0 Å². The fraction of sp³-hybridized carbons (Fsp3) is 0.783. The van der Waals surface area contributed by atoms with Crippen molar-refractivity contribution in [1.29, 1.82) is 0 Å². The fourth-order valence-corrected chi connectivity index (χ4v) is 3.42. The summed E-state index contributed by atoms with van der Waals surface area (Å²) in [6.07, 6.45) is 1.70. The third kappa shape index (κ3) is 10.7. The van der Waals surface area contributed by atoms with Crippen molar-refractivity contribution >= 4 is 0 Å². The van der Waals surface area contributed by atoms with Gasteiger partial charge in [-0.1, -0.05) is 27.7 Å². The van der Waals surface area contributed by atoms with Crippen LogP contribution in [-0.4, -0.2) is 56.8 Å². The Balaban J connectivity index is 2.08. The number of nitrogens with one attached hydrogen (secondary N) is 1. The van der Waals surface area contributed by atoms with Crippen LogP contribution in [0.3, 0.4) is 0 Å². The molecule has 30 heavy (non-hydrogen) atoms. The van der Waals surface area contributed by atoms with E-state index in [1.54, 1.807) is 12.1 Å². The number of fused-ring (bicyclic) bond motifs is 2. The first-order valence-electron chi connectivity index (χ1n) is 11.1. The van der Waals surface area contributed by atoms with Gasteiger partial charge in [0.15, 0.2) is 5.43 Å². The Bertz CT molecular complexity index is 596. The number of rotatable bonds is 4. The molecule has 2 atom stereocenters. The van der Waals surface area contributed by atoms with Crippen molar-refractivity contribution in [2.45, 2.75) is 66.0 Å². The van der Waals surface area contributed by atoms with Crippen molar-refractivity contribution in [3.05, 3.63) is 33.7 Å². The number of ether oxygens (including phenoxy) is 5. The highest BCUT2D eigenvalue weighted by atomic mass is 16.6. The second-order valence-corrected chi connectivity index (χ2v) is 8.75. The topological polar surface area (TPSA) is 79.0 Å². The monoisotopic (exact) mass is 425 g/mol. The lowest BCUT2D eigenvalue weighted by Crippen LogP contribution is -2.25. The lowest BCUT2D eigenvalue weighted by atomic mass is 10.1. The molecule has 0 spiro atoms. The first-order chi connectivity index (χ1) is 14.4. The smallest absolute Gasteiger partial charge is 0.182 e. The normalized spacial score (nSPS) is 23.3. The fourth-order valence-electron chi connectivity index (χ4n) is 3.42. The minimum Gasteiger partial charge on any atom is -0.377 e. The Morgan fingerprint density at radius 2 is 1.23 bits per heavy atom. The third-order valence-electron chi connectivity index (χ3n) is 4.72. The van der Waals surface area contributed by atoms with Crippen LogP contribution in [0.4, 0.5) is 0 Å². The molecule has 0 aromatic carbocycles. The van der Waals surface area contributed by atoms with Crippen molar-refractivity contribution in [1.82, 2.24) is 4.98 Å². The highest BCUT2D eigenvalue weighted by Crippen LogP contribution is 2.13. The standard InChI is InChI=1S/C23H39NO6/c1-17(2)9-22-15-27-7-5-26-6-8-28-16-23(10-18(3)4)30-14-20-12-21(25)11-19(24-20)13-29-22/h11-12,17-18,22-23H,5-10,13-16H2,1-4H3,(H,24,25)/t22-,23-/m0/s1. The molecular weight excluding hydrogens is 386 g/mol. The second kappa shape index (κ2) is 13.9. The number of aromatic nitrogens is 1. The van der Waals surface area contributed by atoms with Crippen LogP contribution in [0.2, 0.25) is 0 Å². The number of hydrogen-bond donors (Lipinski definition) is 1. The van der Waals surface area contributed by atoms with Crippen LogP contribution in [-0.2, 0) is 36.9 Å². The predicted molar refractivity (Wildman–Crippen MR) is 116 cm³/mol. The van der Waals surface area contributed by atoms with Gasteiger partial charge in [0.1, 0.15) is 0 Å². The molecule has 1 aliphatic heterocycles. The predicted octanol–water partition coefficient (Wildman–Crippen LogP) is 3.30. The molecule has 2 heterocycles. The van der Waals surface area contributed by atoms with Crippen LogP contribution in [0, 0.1) is 11.8 Å². The molecule has 172 valence electrons. The van der Waals surface area contributed by atoms with E-state index < -0.39 is 0 Å². The van der Waals surface area contributed by atoms with Gasteiger partial charge >= 0.3 is 0 Å². The first-order valence-corrected chi connectivity index (χ1v) is 11.1. The average molecular weight is 426 g/mol. The average Bonchev–Trinajstić information content (AvgIpc) is 2.66. The van der Waals surface area contributed by atoms with Gasteiger partial charge in [-0.15, -0.1) is 0 Å². The molecular formula is C23H39NO6. The Hall–Kier alpha value is -1.25. The Labute approximate surface area is 180 Å². The Morgan fingerprint density at radius 1 is 0.800 bits per heavy atom. The van der Waals surface area contributed by atoms with Crippen molar-refractivity contribution in [2.24, 2.45) is 11.8 Å². The van der Waals surface area contributed by atoms with E-state index in [0.29, 0.717) is 64.7 Å². The molecule has 0 amide bonds. The van der Waals surface area contributed by atoms with Gasteiger partial charge in [0.05, 0.1) is 65.1 Å². The van der Waals surface area contributed by atoms with E-state index in [9.17, 15) is 4.79 Å². The summed E-state index contributed by atoms with van der Waals surface area (Å²) in [6, 6.07) is 3.16. The highest BCUT2D eigenvalue weighted by molar-refractivity contribution is 5.10. The molecule has 0 fully saturated rings. The van der Waals surface area contributed by atoms with Gasteiger partial charge in [-0.05, 0) is 24.7 Å². The van der Waals surface area contributed by atoms with Crippen molar-refractivity contribution in [3.63, 3.8) is 0 Å². The highest BCUT2D eigenvalue weighted by Gasteiger charge is 2.15. The largest absolute Gasteiger partial charge is 0.377 e. The molecule has 1 aliphatic rings. The minimum absolute atomic E-state index is 0.0361. The zero-order chi connectivity index (χ0) is 21.8. The molecule has 2 bridgehead atoms. The molecule has 1 aromatic heterocycles. The summed E-state index contributed by atoms with van der Waals surface area (Å²) in [5.41, 5.74) is 1.44. The molecule has 0 radical (unpaired) electrons. The Morgan fingerprint density at radius 3 is 1.67 bits per heavy atom. The van der Waals surface area contributed by atoms with Gasteiger partial charge in [-0.3, -0.25) is 4.79 Å². The van der Waals surface area contributed by atoms with Crippen molar-refractivity contribution in [3.8, 4) is 0 Å². The summed E-state index contributed by atoms with van der Waals surface area (Å²) >= 11 is 0. The Kier molecular flexibility index (Phi) is 11.6. The number of H-pyrrole nitrogens is 1. The third-order valence-corrected chi connectivity index (χ3v) is 4.72. The second-order valence-electron chi connectivity index (χ2n) is 8.75. The molecule has 7 nitrogen and oxygen atoms in total. The van der Waals surface area contributed by atoms with Crippen molar-refractivity contribution in [2.75, 3.05) is 39.6 Å². The quantitative estimate of drug-likeness (QED) is 0.797. The molecule has 1 aromatic rings. The first kappa shape index (κ1) is 25.0. The lowest BCUT2D eigenvalue weighted by molar-refractivity contribution is -0.0613. The minimum atomic E-state index is -0.0502. The SMILES string of the molecule is CC(C)C[C@H]1COCCOCCOC[C@H](CC(C)C)OCc2cc(=O)cc([nH]2)CO1. The summed E-state index contributed by atoms with van der Waals surface area (Å²) in [5, 5.41) is 0. The van der Waals surface area contributed by atoms with Gasteiger partial charge in [-0.2, -0.15) is 0 Å². The van der Waals surface area contributed by atoms with Gasteiger partial charge in [0.2, 0.25) is 0 Å². The molecule has 2 rings (SSSR count). The zero-order valence-corrected chi connectivity index (χ0v) is 19.0. The zero-order valence-electron chi connectivity index (χ0n) is 19.0. The molecule has 0 unspecified atom stereocenters. The van der Waals surface area contributed by atoms with Crippen LogP contribution < -0.4 is 5.43 Å². The molecule has 0 aliphatic carbocycles. The molecule has 7 heteroatoms. The maximum atomic E-state index is 12.2. The summed E-state index contributed by atoms with van der Waals surface area (Å²) < 4.78 is 29.2. The van der Waals surface area contributed by atoms with E-state index in [2.05, 4.69) is 32.7 Å². The van der Waals surface area contributed by atoms with E-state index in [1.807, 2.05) is 0 Å². The van der Waals surface area contributed by atoms with Gasteiger partial charge in [0, 0.05) is 23.5 Å². The van der Waals surface area contributed by atoms with Gasteiger partial charge < -0.3 is 28.7 Å². The van der Waals surface area contributed by atoms with Crippen LogP contribution >= 0.6 is 0 Å². The summed E-state index contributed by atoms with van der Waals surface area (Å²) in [4.78, 5) is 15.4. The van der Waals surface area contributed by atoms with Crippen LogP contribution in [0.15, 0.2) is 16.9 Å². The molecule has 1 N–H and O–H groups in total. The van der Waals surface area contributed by atoms with Crippen molar-refractivity contribution < 1.29 is 23.7 Å². The molecule has 0 saturated carbocycles. The van der Waals surface area contributed by atoms with E-state index in [0.717, 1.165) is 24.2 Å². The van der Waals surface area contributed by atoms with Crippen LogP contribution in [0.25, 0.3) is 0 Å². The lowest BCUT2D eigenvalue weighted by Gasteiger charge is -2.22. The van der Waals surface area contributed by atoms with E-state index in [4.69, 9.17) is 23.7 Å². The summed E-state index contributed by atoms with van der Waals surface area (Å²) in [5.74, 6) is 0.975. The number of pyridine rings is 1. The molecule has 0 saturated heterocycles. The summed E-state index contributed by atoms with van der Waals surface area (Å²) in [6.45, 7) is 12.4. The number of hydrogen-bond acceptors (Lipinski definition) is 6. The number of aromatic amines is 1. The maximum Gasteiger partial charge on any atom is 0.182 e. The maximum absolute atomic E-state index is 12.2.